The molecule has 1 fully saturated rings. The molecule has 0 amide bonds. The monoisotopic (exact) mass is 512 g/mol. The summed E-state index contributed by atoms with van der Waals surface area (Å²) < 4.78 is 0. The molecule has 2 unspecified atom stereocenters. The van der Waals surface area contributed by atoms with E-state index in [1.807, 2.05) is 0 Å². The van der Waals surface area contributed by atoms with E-state index >= 15 is 0 Å². The summed E-state index contributed by atoms with van der Waals surface area (Å²) in [5.74, 6) is 3.23. The van der Waals surface area contributed by atoms with Crippen LogP contribution in [0.4, 0.5) is 11.4 Å². The number of hydrogen-bond donors (Lipinski definition) is 0. The summed E-state index contributed by atoms with van der Waals surface area (Å²) in [6.45, 7) is 12.1. The Kier molecular flexibility index (Phi) is 10.8. The minimum absolute atomic E-state index is 0. The van der Waals surface area contributed by atoms with Gasteiger partial charge in [0.2, 0.25) is 0 Å². The fourth-order valence-corrected chi connectivity index (χ4v) is 10.1. The van der Waals surface area contributed by atoms with E-state index in [2.05, 4.69) is 93.8 Å². The molecule has 160 valence electrons. The third-order valence-corrected chi connectivity index (χ3v) is 10.7. The molecule has 1 aliphatic rings. The number of hydrogen-bond acceptors (Lipinski definition) is 0. The van der Waals surface area contributed by atoms with Gasteiger partial charge in [-0.05, 0) is 16.5 Å². The number of benzene rings is 2. The van der Waals surface area contributed by atoms with Gasteiger partial charge in [-0.3, -0.25) is 0 Å². The Hall–Kier alpha value is -0.643. The third kappa shape index (κ3) is 8.13. The van der Waals surface area contributed by atoms with Crippen LogP contribution in [0, 0.1) is 25.2 Å². The van der Waals surface area contributed by atoms with Crippen LogP contribution in [-0.4, -0.2) is 16.5 Å². The van der Waals surface area contributed by atoms with Crippen molar-refractivity contribution in [3.63, 3.8) is 0 Å². The van der Waals surface area contributed by atoms with Crippen LogP contribution in [-0.2, 0) is 26.2 Å². The van der Waals surface area contributed by atoms with Crippen LogP contribution in [0.15, 0.2) is 60.7 Å². The molecule has 0 radical (unpaired) electrons. The zero-order valence-electron chi connectivity index (χ0n) is 19.7. The molecule has 30 heavy (non-hydrogen) atoms. The van der Waals surface area contributed by atoms with E-state index in [0.717, 1.165) is 23.2 Å². The SMILES string of the molecule is C[C-]1C(C[Si](C)(C)[N-]c2ccccc2)CCC1C[Si](C)(C)[N-]c1ccccc1.[CH3-].[Zr+4]. The molecule has 2 atom stereocenters. The number of rotatable bonds is 8. The van der Waals surface area contributed by atoms with Crippen molar-refractivity contribution >= 4 is 27.8 Å². The molecular formula is C25H38N2Si2Zr. The smallest absolute Gasteiger partial charge is 0.687 e. The molecule has 2 nitrogen and oxygen atoms in total. The van der Waals surface area contributed by atoms with Crippen LogP contribution in [0.1, 0.15) is 19.8 Å². The Balaban J connectivity index is 0.00000225. The number of nitrogens with zero attached hydrogens (tertiary/aromatic N) is 2. The van der Waals surface area contributed by atoms with Gasteiger partial charge < -0.3 is 23.3 Å². The van der Waals surface area contributed by atoms with Crippen molar-refractivity contribution in [1.29, 1.82) is 0 Å². The van der Waals surface area contributed by atoms with Gasteiger partial charge in [-0.25, -0.2) is 0 Å². The topological polar surface area (TPSA) is 28.2 Å². The predicted octanol–water partition coefficient (Wildman–Crippen LogP) is 8.88. The van der Waals surface area contributed by atoms with Crippen LogP contribution in [0.2, 0.25) is 38.3 Å². The van der Waals surface area contributed by atoms with Crippen LogP contribution in [0.5, 0.6) is 0 Å². The van der Waals surface area contributed by atoms with Crippen molar-refractivity contribution in [2.75, 3.05) is 0 Å². The van der Waals surface area contributed by atoms with Gasteiger partial charge in [0.1, 0.15) is 0 Å². The summed E-state index contributed by atoms with van der Waals surface area (Å²) in [4.78, 5) is 10.3. The first kappa shape index (κ1) is 27.4. The molecule has 5 heteroatoms. The van der Waals surface area contributed by atoms with E-state index in [9.17, 15) is 0 Å². The summed E-state index contributed by atoms with van der Waals surface area (Å²) >= 11 is 0. The summed E-state index contributed by atoms with van der Waals surface area (Å²) in [5, 5.41) is 0. The predicted molar refractivity (Wildman–Crippen MR) is 135 cm³/mol. The molecule has 1 aliphatic carbocycles. The quantitative estimate of drug-likeness (QED) is 0.249. The second kappa shape index (κ2) is 11.8. The standard InChI is InChI=1S/C24H35N2Si2.CH3.Zr/c1-20-21(18-27(2,3)25-23-12-8-6-9-13-23)16-17-22(20)19-28(4,5)26-24-14-10-7-11-15-24;;/h6-15,21-22H,16-19H2,1-5H3;1H3;/q-3;-1;+4. The van der Waals surface area contributed by atoms with Crippen LogP contribution >= 0.6 is 0 Å². The molecule has 1 saturated carbocycles. The van der Waals surface area contributed by atoms with Gasteiger partial charge in [-0.2, -0.15) is 18.8 Å². The largest absolute Gasteiger partial charge is 4.00 e. The van der Waals surface area contributed by atoms with Crippen molar-refractivity contribution < 1.29 is 26.2 Å². The van der Waals surface area contributed by atoms with E-state index in [0.29, 0.717) is 0 Å². The summed E-state index contributed by atoms with van der Waals surface area (Å²) in [7, 11) is -3.22. The van der Waals surface area contributed by atoms with Gasteiger partial charge in [0.05, 0.1) is 0 Å². The maximum Gasteiger partial charge on any atom is 4.00 e. The minimum Gasteiger partial charge on any atom is -0.687 e. The fourth-order valence-electron chi connectivity index (χ4n) is 4.72. The molecule has 2 aromatic carbocycles. The van der Waals surface area contributed by atoms with Crippen molar-refractivity contribution in [2.45, 2.75) is 58.0 Å². The van der Waals surface area contributed by atoms with Gasteiger partial charge >= 0.3 is 26.2 Å². The Morgan fingerprint density at radius 1 is 0.733 bits per heavy atom. The summed E-state index contributed by atoms with van der Waals surface area (Å²) in [6, 6.07) is 23.6. The van der Waals surface area contributed by atoms with Gasteiger partial charge in [0.15, 0.2) is 0 Å². The van der Waals surface area contributed by atoms with Gasteiger partial charge in [-0.15, -0.1) is 11.4 Å². The first-order valence-corrected chi connectivity index (χ1v) is 16.9. The maximum atomic E-state index is 5.16. The second-order valence-electron chi connectivity index (χ2n) is 9.64. The average molecular weight is 514 g/mol. The van der Waals surface area contributed by atoms with E-state index < -0.39 is 16.5 Å². The molecule has 2 aromatic rings. The second-order valence-corrected chi connectivity index (χ2v) is 18.2. The fraction of sp³-hybridized carbons (Fsp3) is 0.440. The molecule has 0 heterocycles. The molecule has 0 aliphatic heterocycles. The first-order valence-electron chi connectivity index (χ1n) is 10.6. The van der Waals surface area contributed by atoms with E-state index in [4.69, 9.17) is 9.96 Å². The third-order valence-electron chi connectivity index (χ3n) is 6.02. The maximum absolute atomic E-state index is 5.16. The molecule has 3 rings (SSSR count). The van der Waals surface area contributed by atoms with Crippen LogP contribution in [0.25, 0.3) is 9.96 Å². The van der Waals surface area contributed by atoms with E-state index in [1.165, 1.54) is 24.9 Å². The van der Waals surface area contributed by atoms with Crippen molar-refractivity contribution in [3.05, 3.63) is 84.0 Å². The van der Waals surface area contributed by atoms with E-state index in [1.54, 1.807) is 5.92 Å². The van der Waals surface area contributed by atoms with Gasteiger partial charge in [-0.1, -0.05) is 112 Å². The first-order chi connectivity index (χ1) is 13.2. The Labute approximate surface area is 207 Å². The van der Waals surface area contributed by atoms with E-state index in [-0.39, 0.29) is 33.6 Å². The molecule has 0 N–H and O–H groups in total. The molecule has 0 saturated heterocycles. The minimum atomic E-state index is -1.61. The van der Waals surface area contributed by atoms with Crippen molar-refractivity contribution in [1.82, 2.24) is 0 Å². The summed E-state index contributed by atoms with van der Waals surface area (Å²) in [6.07, 6.45) is 2.68. The van der Waals surface area contributed by atoms with Gasteiger partial charge in [0, 0.05) is 0 Å². The Morgan fingerprint density at radius 2 is 1.07 bits per heavy atom. The van der Waals surface area contributed by atoms with Crippen molar-refractivity contribution in [3.8, 4) is 0 Å². The van der Waals surface area contributed by atoms with Crippen LogP contribution < -0.4 is 0 Å². The zero-order chi connectivity index (χ0) is 20.2. The Morgan fingerprint density at radius 3 is 1.40 bits per heavy atom. The molecular weight excluding hydrogens is 476 g/mol. The zero-order valence-corrected chi connectivity index (χ0v) is 24.1. The molecule has 0 aromatic heterocycles. The Bertz CT molecular complexity index is 674. The van der Waals surface area contributed by atoms with Crippen LogP contribution in [0.3, 0.4) is 0 Å². The average Bonchev–Trinajstić information content (AvgIpc) is 2.95. The summed E-state index contributed by atoms with van der Waals surface area (Å²) in [5.41, 5.74) is 2.31. The molecule has 0 bridgehead atoms. The van der Waals surface area contributed by atoms with Crippen molar-refractivity contribution in [2.24, 2.45) is 11.8 Å². The van der Waals surface area contributed by atoms with Gasteiger partial charge in [0.25, 0.3) is 0 Å². The normalized spacial score (nSPS) is 19.5. The molecule has 0 spiro atoms.